The van der Waals surface area contributed by atoms with Gasteiger partial charge in [0, 0.05) is 12.8 Å². The summed E-state index contributed by atoms with van der Waals surface area (Å²) in [5.41, 5.74) is 16.4. The van der Waals surface area contributed by atoms with Crippen LogP contribution in [0, 0.1) is 6.92 Å². The molecular formula is C78H95N5O24S. The van der Waals surface area contributed by atoms with Crippen LogP contribution in [0.15, 0.2) is 187 Å². The van der Waals surface area contributed by atoms with Crippen LogP contribution in [-0.4, -0.2) is 223 Å². The molecule has 108 heavy (non-hydrogen) atoms. The van der Waals surface area contributed by atoms with Gasteiger partial charge in [-0.15, -0.1) is 0 Å². The fourth-order valence-corrected chi connectivity index (χ4v) is 10.2. The Morgan fingerprint density at radius 1 is 0.417 bits per heavy atom. The van der Waals surface area contributed by atoms with E-state index in [1.165, 1.54) is 41.1 Å². The van der Waals surface area contributed by atoms with Crippen LogP contribution >= 0.6 is 0 Å². The third kappa shape index (κ3) is 33.7. The van der Waals surface area contributed by atoms with Crippen LogP contribution in [0.1, 0.15) is 82.1 Å². The molecule has 2 aliphatic heterocycles. The van der Waals surface area contributed by atoms with E-state index in [-0.39, 0.29) is 125 Å². The number of hydrogen-bond donors (Lipinski definition) is 7. The molecule has 0 aromatic heterocycles. The molecule has 0 saturated heterocycles. The maximum atomic E-state index is 12.8. The number of phenolic OH excluding ortho intramolecular Hbond substituents is 2. The summed E-state index contributed by atoms with van der Waals surface area (Å²) in [5, 5.41) is 29.9. The largest absolute Gasteiger partial charge is 0.508 e. The highest BCUT2D eigenvalue weighted by molar-refractivity contribution is 7.85. The van der Waals surface area contributed by atoms with Crippen molar-refractivity contribution in [2.24, 2.45) is 11.5 Å². The second-order valence-electron chi connectivity index (χ2n) is 23.4. The number of carboxylic acid groups (broad SMARTS) is 1. The summed E-state index contributed by atoms with van der Waals surface area (Å²) in [4.78, 5) is 98.8. The minimum absolute atomic E-state index is 0.0177. The lowest BCUT2D eigenvalue weighted by molar-refractivity contribution is -0.149. The molecule has 2 atom stereocenters. The molecule has 2 aliphatic rings. The number of aliphatic carboxylic acids is 1. The van der Waals surface area contributed by atoms with E-state index in [1.807, 2.05) is 67.6 Å². The standard InChI is InChI=1S/C35H40N2O10.C19H25NO8.C16H17NO3.C7H8O3S.CH5N/c38-28-12-10-26(11-13-28)24-31(35(42)47-25-27-6-2-1-3-7-27)36-32(39)14-16-43-18-20-45-22-23-46-21-19-44-17-15-37-33(40)29-8-4-5-9-30(29)34(37)41;21-17(22)5-7-25-9-11-27-13-14-28-12-10-26-8-6-20-18(23)15-3-1-2-4-16(15)19(20)24;17-15(10-12-6-8-14(18)9-7-12)16(19)20-11-13-4-2-1-3-5-13;1-6-2-4-7(5-3-6)11(8,9)10;1-2/h1-13,31,38H,14-25H2,(H,36,39);1-4H,5-14H2,(H,21,22);1-9,15,18H,10-11,17H2;2-5H,1H3,(H,8,9,10);2H2,1H3/t31-;;15-;;/m0.0../s1. The molecule has 9 N–H and O–H groups in total. The Morgan fingerprint density at radius 3 is 1.10 bits per heavy atom. The fraction of sp³-hybridized carbons (Fsp3) is 0.359. The molecule has 30 heteroatoms. The normalized spacial score (nSPS) is 12.5. The van der Waals surface area contributed by atoms with Gasteiger partial charge in [-0.25, -0.2) is 4.79 Å². The molecule has 0 bridgehead atoms. The van der Waals surface area contributed by atoms with Crippen molar-refractivity contribution < 1.29 is 114 Å². The Hall–Kier alpha value is -10.2. The van der Waals surface area contributed by atoms with Crippen LogP contribution in [0.25, 0.3) is 0 Å². The topological polar surface area (TPSA) is 414 Å². The molecule has 0 spiro atoms. The number of nitrogens with one attached hydrogen (secondary N) is 1. The Kier molecular flexibility index (Phi) is 41.3. The van der Waals surface area contributed by atoms with Crippen molar-refractivity contribution in [1.82, 2.24) is 15.1 Å². The average molecular weight is 1520 g/mol. The van der Waals surface area contributed by atoms with Crippen molar-refractivity contribution in [3.8, 4) is 11.5 Å². The molecule has 0 saturated carbocycles. The Morgan fingerprint density at radius 2 is 0.741 bits per heavy atom. The van der Waals surface area contributed by atoms with Gasteiger partial charge in [-0.2, -0.15) is 8.42 Å². The number of nitrogens with two attached hydrogens (primary N) is 2. The first-order valence-electron chi connectivity index (χ1n) is 34.6. The van der Waals surface area contributed by atoms with E-state index in [9.17, 15) is 57.0 Å². The zero-order valence-corrected chi connectivity index (χ0v) is 61.2. The Balaban J connectivity index is 0.000000288. The number of aromatic hydroxyl groups is 2. The van der Waals surface area contributed by atoms with Crippen molar-refractivity contribution in [3.63, 3.8) is 0 Å². The van der Waals surface area contributed by atoms with Crippen LogP contribution in [0.4, 0.5) is 0 Å². The van der Waals surface area contributed by atoms with Gasteiger partial charge in [0.15, 0.2) is 0 Å². The van der Waals surface area contributed by atoms with E-state index in [0.717, 1.165) is 27.8 Å². The first-order valence-corrected chi connectivity index (χ1v) is 36.0. The average Bonchev–Trinajstić information content (AvgIpc) is 1.65. The number of nitrogens with zero attached hydrogens (tertiary/aromatic N) is 2. The molecule has 7 aromatic carbocycles. The summed E-state index contributed by atoms with van der Waals surface area (Å²) in [6.07, 6.45) is 0.622. The molecule has 7 aromatic rings. The summed E-state index contributed by atoms with van der Waals surface area (Å²) in [5.74, 6) is -3.11. The molecule has 0 fully saturated rings. The van der Waals surface area contributed by atoms with Crippen molar-refractivity contribution in [2.75, 3.05) is 126 Å². The Bertz CT molecular complexity index is 3900. The maximum absolute atomic E-state index is 12.8. The lowest BCUT2D eigenvalue weighted by Gasteiger charge is -2.18. The monoisotopic (exact) mass is 1520 g/mol. The number of benzene rings is 7. The van der Waals surface area contributed by atoms with E-state index in [0.29, 0.717) is 101 Å². The summed E-state index contributed by atoms with van der Waals surface area (Å²) in [6, 6.07) is 49.6. The van der Waals surface area contributed by atoms with Crippen LogP contribution in [-0.2, 0) is 103 Å². The van der Waals surface area contributed by atoms with E-state index in [4.69, 9.17) is 62.8 Å². The van der Waals surface area contributed by atoms with E-state index in [2.05, 4.69) is 11.1 Å². The first kappa shape index (κ1) is 88.4. The number of carbonyl (C=O) groups is 8. The molecule has 0 radical (unpaired) electrons. The van der Waals surface area contributed by atoms with E-state index < -0.39 is 40.1 Å². The predicted molar refractivity (Wildman–Crippen MR) is 394 cm³/mol. The number of rotatable bonds is 42. The molecule has 29 nitrogen and oxygen atoms in total. The smallest absolute Gasteiger partial charge is 0.329 e. The summed E-state index contributed by atoms with van der Waals surface area (Å²) < 4.78 is 83.2. The second kappa shape index (κ2) is 50.4. The van der Waals surface area contributed by atoms with Crippen LogP contribution in [0.2, 0.25) is 0 Å². The fourth-order valence-electron chi connectivity index (χ4n) is 9.72. The van der Waals surface area contributed by atoms with Gasteiger partial charge in [0.1, 0.15) is 36.8 Å². The number of aryl methyl sites for hydroxylation is 1. The third-order valence-electron chi connectivity index (χ3n) is 15.3. The number of phenols is 2. The number of imide groups is 2. The summed E-state index contributed by atoms with van der Waals surface area (Å²) >= 11 is 0. The lowest BCUT2D eigenvalue weighted by Crippen LogP contribution is -2.43. The molecule has 2 heterocycles. The molecule has 9 rings (SSSR count). The zero-order valence-electron chi connectivity index (χ0n) is 60.4. The molecule has 0 unspecified atom stereocenters. The number of carboxylic acids is 1. The molecular weight excluding hydrogens is 1420 g/mol. The maximum Gasteiger partial charge on any atom is 0.329 e. The van der Waals surface area contributed by atoms with Gasteiger partial charge in [-0.05, 0) is 103 Å². The van der Waals surface area contributed by atoms with Crippen LogP contribution in [0.5, 0.6) is 11.5 Å². The third-order valence-corrected chi connectivity index (χ3v) is 16.2. The zero-order chi connectivity index (χ0) is 78.3. The number of amides is 5. The van der Waals surface area contributed by atoms with Crippen molar-refractivity contribution >= 4 is 57.6 Å². The second-order valence-corrected chi connectivity index (χ2v) is 24.8. The van der Waals surface area contributed by atoms with Gasteiger partial charge in [0.25, 0.3) is 33.7 Å². The number of carbonyl (C=O) groups excluding carboxylic acids is 7. The van der Waals surface area contributed by atoms with E-state index >= 15 is 0 Å². The minimum Gasteiger partial charge on any atom is -0.508 e. The van der Waals surface area contributed by atoms with Gasteiger partial charge in [-0.3, -0.25) is 47.9 Å². The highest BCUT2D eigenvalue weighted by Gasteiger charge is 2.36. The summed E-state index contributed by atoms with van der Waals surface area (Å²) in [7, 11) is -2.52. The molecule has 582 valence electrons. The SMILES string of the molecule is CN.Cc1ccc(S(=O)(=O)O)cc1.N[C@@H](Cc1ccc(O)cc1)C(=O)OCc1ccccc1.O=C(CCOCCOCCOCCOCCN1C(=O)c2ccccc2C1=O)N[C@@H](Cc1ccc(O)cc1)C(=O)OCc1ccccc1.O=C(O)CCOCCOCCOCCOCCN1C(=O)c2ccccc2C1=O. The lowest BCUT2D eigenvalue weighted by atomic mass is 10.1. The predicted octanol–water partition coefficient (Wildman–Crippen LogP) is 6.56. The van der Waals surface area contributed by atoms with Gasteiger partial charge < -0.3 is 79.5 Å². The van der Waals surface area contributed by atoms with Gasteiger partial charge in [0.05, 0.1) is 152 Å². The van der Waals surface area contributed by atoms with Gasteiger partial charge >= 0.3 is 17.9 Å². The van der Waals surface area contributed by atoms with Crippen molar-refractivity contribution in [2.45, 2.75) is 62.8 Å². The number of fused-ring (bicyclic) bond motifs is 2. The van der Waals surface area contributed by atoms with E-state index in [1.54, 1.807) is 97.1 Å². The molecule has 0 aliphatic carbocycles. The Labute approximate surface area is 627 Å². The number of esters is 2. The van der Waals surface area contributed by atoms with Crippen LogP contribution < -0.4 is 16.8 Å². The van der Waals surface area contributed by atoms with Gasteiger partial charge in [-0.1, -0.05) is 127 Å². The molecule has 5 amide bonds. The number of ether oxygens (including phenoxy) is 10. The first-order chi connectivity index (χ1) is 52.2. The minimum atomic E-state index is -4.02. The van der Waals surface area contributed by atoms with Crippen LogP contribution in [0.3, 0.4) is 0 Å². The quantitative estimate of drug-likeness (QED) is 0.00921. The van der Waals surface area contributed by atoms with Gasteiger partial charge in [0.2, 0.25) is 5.91 Å². The number of hydrogen-bond acceptors (Lipinski definition) is 24. The van der Waals surface area contributed by atoms with Crippen molar-refractivity contribution in [3.05, 3.63) is 232 Å². The highest BCUT2D eigenvalue weighted by Crippen LogP contribution is 2.24. The van der Waals surface area contributed by atoms with Crippen molar-refractivity contribution in [1.29, 1.82) is 0 Å². The summed E-state index contributed by atoms with van der Waals surface area (Å²) in [6.45, 7) is 7.53. The highest BCUT2D eigenvalue weighted by atomic mass is 32.2.